The smallest absolute Gasteiger partial charge is 0.262 e. The Balaban J connectivity index is 1.41. The number of hydrazone groups is 1. The van der Waals surface area contributed by atoms with Crippen LogP contribution in [0.2, 0.25) is 10.0 Å². The fourth-order valence-electron chi connectivity index (χ4n) is 3.59. The first kappa shape index (κ1) is 28.4. The molecule has 1 heterocycles. The Morgan fingerprint density at radius 3 is 2.46 bits per heavy atom. The Morgan fingerprint density at radius 1 is 1.00 bits per heavy atom. The molecule has 0 aliphatic carbocycles. The Kier molecular flexibility index (Phi) is 9.81. The van der Waals surface area contributed by atoms with Gasteiger partial charge in [-0.2, -0.15) is 5.10 Å². The standard InChI is InChI=1S/C29H24BrCl2N3O4/c1-18(38-27-13-11-22(31)16-24(27)32)28(36)34-25(15-19-5-3-2-4-6-19)29(37)35-33-17-23-12-14-26(39-23)20-7-9-21(30)10-8-20/h2-14,16-18,25H,15H2,1H3,(H,34,36)(H,35,37)/b33-17-/t18-,25-/m0/s1. The molecule has 4 aromatic rings. The highest BCUT2D eigenvalue weighted by Crippen LogP contribution is 2.28. The fraction of sp³-hybridized carbons (Fsp3) is 0.138. The average Bonchev–Trinajstić information content (AvgIpc) is 3.39. The molecule has 4 rings (SSSR count). The first-order valence-corrected chi connectivity index (χ1v) is 13.5. The monoisotopic (exact) mass is 627 g/mol. The van der Waals surface area contributed by atoms with Crippen LogP contribution in [-0.4, -0.2) is 30.2 Å². The fourth-order valence-corrected chi connectivity index (χ4v) is 4.31. The summed E-state index contributed by atoms with van der Waals surface area (Å²) in [5, 5.41) is 7.50. The Bertz CT molecular complexity index is 1460. The zero-order chi connectivity index (χ0) is 27.8. The molecule has 2 amide bonds. The number of carbonyl (C=O) groups excluding carboxylic acids is 2. The van der Waals surface area contributed by atoms with Crippen molar-refractivity contribution in [2.45, 2.75) is 25.5 Å². The number of nitrogens with zero attached hydrogens (tertiary/aromatic N) is 1. The lowest BCUT2D eigenvalue weighted by Crippen LogP contribution is -2.50. The van der Waals surface area contributed by atoms with Crippen LogP contribution in [0.1, 0.15) is 18.2 Å². The minimum atomic E-state index is -0.932. The van der Waals surface area contributed by atoms with Gasteiger partial charge in [0.15, 0.2) is 6.10 Å². The van der Waals surface area contributed by atoms with Gasteiger partial charge in [-0.05, 0) is 55.0 Å². The summed E-state index contributed by atoms with van der Waals surface area (Å²) >= 11 is 15.5. The van der Waals surface area contributed by atoms with Crippen LogP contribution < -0.4 is 15.5 Å². The van der Waals surface area contributed by atoms with Gasteiger partial charge >= 0.3 is 0 Å². The third kappa shape index (κ3) is 8.20. The molecule has 0 spiro atoms. The van der Waals surface area contributed by atoms with Gasteiger partial charge in [-0.25, -0.2) is 5.43 Å². The second-order valence-electron chi connectivity index (χ2n) is 8.53. The number of carbonyl (C=O) groups is 2. The minimum Gasteiger partial charge on any atom is -0.479 e. The van der Waals surface area contributed by atoms with E-state index in [9.17, 15) is 9.59 Å². The summed E-state index contributed by atoms with van der Waals surface area (Å²) in [7, 11) is 0. The van der Waals surface area contributed by atoms with Crippen LogP contribution in [0.5, 0.6) is 5.75 Å². The van der Waals surface area contributed by atoms with Crippen molar-refractivity contribution < 1.29 is 18.7 Å². The van der Waals surface area contributed by atoms with Gasteiger partial charge in [-0.3, -0.25) is 9.59 Å². The second kappa shape index (κ2) is 13.5. The molecule has 0 saturated heterocycles. The van der Waals surface area contributed by atoms with Gasteiger partial charge < -0.3 is 14.5 Å². The van der Waals surface area contributed by atoms with E-state index >= 15 is 0 Å². The van der Waals surface area contributed by atoms with Crippen molar-refractivity contribution in [3.8, 4) is 17.1 Å². The minimum absolute atomic E-state index is 0.247. The number of nitrogens with one attached hydrogen (secondary N) is 2. The maximum Gasteiger partial charge on any atom is 0.262 e. The third-order valence-electron chi connectivity index (χ3n) is 5.60. The van der Waals surface area contributed by atoms with Crippen LogP contribution in [-0.2, 0) is 16.0 Å². The molecule has 0 fully saturated rings. The van der Waals surface area contributed by atoms with Crippen molar-refractivity contribution in [2.75, 3.05) is 0 Å². The average molecular weight is 629 g/mol. The molecule has 7 nitrogen and oxygen atoms in total. The molecule has 1 aromatic heterocycles. The summed E-state index contributed by atoms with van der Waals surface area (Å²) < 4.78 is 12.5. The molecule has 0 saturated carbocycles. The molecular weight excluding hydrogens is 605 g/mol. The maximum atomic E-state index is 13.1. The van der Waals surface area contributed by atoms with Gasteiger partial charge in [0.25, 0.3) is 11.8 Å². The molecule has 200 valence electrons. The highest BCUT2D eigenvalue weighted by Gasteiger charge is 2.25. The van der Waals surface area contributed by atoms with E-state index < -0.39 is 24.0 Å². The zero-order valence-corrected chi connectivity index (χ0v) is 23.8. The van der Waals surface area contributed by atoms with Gasteiger partial charge in [0.1, 0.15) is 23.3 Å². The Labute approximate surface area is 244 Å². The molecular formula is C29H24BrCl2N3O4. The quantitative estimate of drug-likeness (QED) is 0.152. The maximum absolute atomic E-state index is 13.1. The number of furan rings is 1. The van der Waals surface area contributed by atoms with E-state index in [-0.39, 0.29) is 11.4 Å². The number of hydrogen-bond donors (Lipinski definition) is 2. The third-order valence-corrected chi connectivity index (χ3v) is 6.66. The SMILES string of the molecule is C[C@H](Oc1ccc(Cl)cc1Cl)C(=O)N[C@@H](Cc1ccccc1)C(=O)N/N=C\c1ccc(-c2ccc(Br)cc2)o1. The van der Waals surface area contributed by atoms with Gasteiger partial charge in [0, 0.05) is 21.5 Å². The topological polar surface area (TPSA) is 92.9 Å². The summed E-state index contributed by atoms with van der Waals surface area (Å²) in [5.74, 6) is 0.433. The Hall–Kier alpha value is -3.59. The van der Waals surface area contributed by atoms with Crippen LogP contribution in [0.4, 0.5) is 0 Å². The van der Waals surface area contributed by atoms with E-state index in [0.29, 0.717) is 22.3 Å². The summed E-state index contributed by atoms with van der Waals surface area (Å²) in [6.45, 7) is 1.57. The zero-order valence-electron chi connectivity index (χ0n) is 20.7. The molecule has 39 heavy (non-hydrogen) atoms. The van der Waals surface area contributed by atoms with Crippen LogP contribution in [0.3, 0.4) is 0 Å². The van der Waals surface area contributed by atoms with Crippen LogP contribution >= 0.6 is 39.1 Å². The number of halogens is 3. The van der Waals surface area contributed by atoms with E-state index in [0.717, 1.165) is 15.6 Å². The molecule has 3 aromatic carbocycles. The second-order valence-corrected chi connectivity index (χ2v) is 10.3. The van der Waals surface area contributed by atoms with Crippen molar-refractivity contribution in [1.82, 2.24) is 10.7 Å². The van der Waals surface area contributed by atoms with E-state index in [4.69, 9.17) is 32.4 Å². The predicted molar refractivity (Wildman–Crippen MR) is 156 cm³/mol. The van der Waals surface area contributed by atoms with Crippen molar-refractivity contribution in [1.29, 1.82) is 0 Å². The highest BCUT2D eigenvalue weighted by atomic mass is 79.9. The lowest BCUT2D eigenvalue weighted by atomic mass is 10.1. The van der Waals surface area contributed by atoms with E-state index in [1.807, 2.05) is 60.7 Å². The highest BCUT2D eigenvalue weighted by molar-refractivity contribution is 9.10. The summed E-state index contributed by atoms with van der Waals surface area (Å²) in [4.78, 5) is 26.0. The molecule has 2 atom stereocenters. The summed E-state index contributed by atoms with van der Waals surface area (Å²) in [5.41, 5.74) is 4.26. The first-order valence-electron chi connectivity index (χ1n) is 11.9. The first-order chi connectivity index (χ1) is 18.8. The van der Waals surface area contributed by atoms with Crippen molar-refractivity contribution in [3.63, 3.8) is 0 Å². The van der Waals surface area contributed by atoms with Gasteiger partial charge in [0.05, 0.1) is 11.2 Å². The molecule has 0 unspecified atom stereocenters. The molecule has 2 N–H and O–H groups in total. The van der Waals surface area contributed by atoms with Gasteiger partial charge in [-0.15, -0.1) is 0 Å². The van der Waals surface area contributed by atoms with E-state index in [2.05, 4.69) is 31.8 Å². The van der Waals surface area contributed by atoms with Crippen molar-refractivity contribution in [2.24, 2.45) is 5.10 Å². The van der Waals surface area contributed by atoms with Crippen molar-refractivity contribution >= 4 is 57.2 Å². The summed E-state index contributed by atoms with van der Waals surface area (Å²) in [6, 6.07) is 24.4. The molecule has 10 heteroatoms. The van der Waals surface area contributed by atoms with Crippen LogP contribution in [0, 0.1) is 0 Å². The molecule has 0 radical (unpaired) electrons. The largest absolute Gasteiger partial charge is 0.479 e. The van der Waals surface area contributed by atoms with Gasteiger partial charge in [0.2, 0.25) is 0 Å². The molecule has 0 bridgehead atoms. The normalized spacial score (nSPS) is 12.6. The molecule has 0 aliphatic rings. The number of hydrogen-bond acceptors (Lipinski definition) is 5. The number of amides is 2. The van der Waals surface area contributed by atoms with E-state index in [1.165, 1.54) is 12.3 Å². The summed E-state index contributed by atoms with van der Waals surface area (Å²) in [6.07, 6.45) is 0.714. The predicted octanol–water partition coefficient (Wildman–Crippen LogP) is 6.66. The van der Waals surface area contributed by atoms with Crippen molar-refractivity contribution in [3.05, 3.63) is 111 Å². The molecule has 0 aliphatic heterocycles. The number of ether oxygens (including phenoxy) is 1. The number of rotatable bonds is 10. The number of benzene rings is 3. The lowest BCUT2D eigenvalue weighted by molar-refractivity contribution is -0.132. The van der Waals surface area contributed by atoms with Crippen LogP contribution in [0.15, 0.2) is 98.9 Å². The van der Waals surface area contributed by atoms with Crippen LogP contribution in [0.25, 0.3) is 11.3 Å². The van der Waals surface area contributed by atoms with E-state index in [1.54, 1.807) is 25.1 Å². The Morgan fingerprint density at radius 2 is 1.74 bits per heavy atom. The van der Waals surface area contributed by atoms with Gasteiger partial charge in [-0.1, -0.05) is 81.6 Å². The lowest BCUT2D eigenvalue weighted by Gasteiger charge is -2.21.